The third kappa shape index (κ3) is 3.61. The van der Waals surface area contributed by atoms with Crippen LogP contribution >= 0.6 is 11.8 Å². The van der Waals surface area contributed by atoms with Gasteiger partial charge in [0.1, 0.15) is 0 Å². The van der Waals surface area contributed by atoms with Crippen molar-refractivity contribution in [1.29, 1.82) is 0 Å². The predicted octanol–water partition coefficient (Wildman–Crippen LogP) is 4.01. The number of rotatable bonds is 5. The van der Waals surface area contributed by atoms with Crippen LogP contribution in [0, 0.1) is 10.1 Å². The van der Waals surface area contributed by atoms with Gasteiger partial charge in [0, 0.05) is 21.9 Å². The number of carbonyl (C=O) groups is 1. The molecule has 2 rings (SSSR count). The summed E-state index contributed by atoms with van der Waals surface area (Å²) in [5.41, 5.74) is 1.22. The molecule has 0 saturated heterocycles. The van der Waals surface area contributed by atoms with Crippen LogP contribution in [0.1, 0.15) is 22.8 Å². The quantitative estimate of drug-likeness (QED) is 0.667. The lowest BCUT2D eigenvalue weighted by Crippen LogP contribution is -1.95. The van der Waals surface area contributed by atoms with Crippen LogP contribution in [-0.2, 0) is 6.42 Å². The van der Waals surface area contributed by atoms with Gasteiger partial charge in [0.25, 0.3) is 5.69 Å². The topological polar surface area (TPSA) is 80.4 Å². The first-order valence-electron chi connectivity index (χ1n) is 6.29. The second-order valence-electron chi connectivity index (χ2n) is 4.33. The molecule has 0 spiro atoms. The molecular formula is C15H13NO4S. The second kappa shape index (κ2) is 6.41. The molecule has 2 aromatic carbocycles. The Kier molecular flexibility index (Phi) is 4.59. The number of hydrogen-bond donors (Lipinski definition) is 1. The highest BCUT2D eigenvalue weighted by molar-refractivity contribution is 7.99. The van der Waals surface area contributed by atoms with Gasteiger partial charge < -0.3 is 5.11 Å². The number of nitro groups is 1. The molecule has 0 heterocycles. The number of non-ortho nitro benzene ring substituents is 1. The summed E-state index contributed by atoms with van der Waals surface area (Å²) in [7, 11) is 0. The largest absolute Gasteiger partial charge is 0.478 e. The van der Waals surface area contributed by atoms with E-state index in [0.717, 1.165) is 15.4 Å². The van der Waals surface area contributed by atoms with Gasteiger partial charge in [0.15, 0.2) is 0 Å². The van der Waals surface area contributed by atoms with Crippen molar-refractivity contribution in [2.75, 3.05) is 0 Å². The van der Waals surface area contributed by atoms with E-state index in [1.807, 2.05) is 6.92 Å². The first kappa shape index (κ1) is 15.1. The lowest BCUT2D eigenvalue weighted by Gasteiger charge is -2.07. The highest BCUT2D eigenvalue weighted by Crippen LogP contribution is 2.33. The first-order chi connectivity index (χ1) is 10.0. The molecule has 0 bridgehead atoms. The number of carboxylic acids is 1. The van der Waals surface area contributed by atoms with Crippen molar-refractivity contribution in [2.24, 2.45) is 0 Å². The van der Waals surface area contributed by atoms with Crippen molar-refractivity contribution in [1.82, 2.24) is 0 Å². The third-order valence-electron chi connectivity index (χ3n) is 2.96. The lowest BCUT2D eigenvalue weighted by molar-refractivity contribution is -0.385. The maximum atomic E-state index is 10.8. The molecule has 0 atom stereocenters. The van der Waals surface area contributed by atoms with Crippen LogP contribution in [0.15, 0.2) is 52.3 Å². The Morgan fingerprint density at radius 1 is 1.24 bits per heavy atom. The van der Waals surface area contributed by atoms with E-state index in [0.29, 0.717) is 6.42 Å². The van der Waals surface area contributed by atoms with Crippen molar-refractivity contribution in [3.63, 3.8) is 0 Å². The highest BCUT2D eigenvalue weighted by atomic mass is 32.2. The summed E-state index contributed by atoms with van der Waals surface area (Å²) in [4.78, 5) is 23.0. The maximum absolute atomic E-state index is 10.8. The number of carboxylic acid groups (broad SMARTS) is 1. The number of nitrogens with zero attached hydrogens (tertiary/aromatic N) is 1. The van der Waals surface area contributed by atoms with Crippen molar-refractivity contribution in [3.05, 3.63) is 63.7 Å². The fourth-order valence-electron chi connectivity index (χ4n) is 1.85. The Morgan fingerprint density at radius 2 is 1.90 bits per heavy atom. The average molecular weight is 303 g/mol. The fraction of sp³-hybridized carbons (Fsp3) is 0.133. The van der Waals surface area contributed by atoms with Gasteiger partial charge in [-0.2, -0.15) is 0 Å². The molecule has 108 valence electrons. The molecule has 2 aromatic rings. The zero-order valence-electron chi connectivity index (χ0n) is 11.3. The molecule has 0 unspecified atom stereocenters. The van der Waals surface area contributed by atoms with Crippen molar-refractivity contribution >= 4 is 23.4 Å². The summed E-state index contributed by atoms with van der Waals surface area (Å²) in [5.74, 6) is -0.962. The minimum Gasteiger partial charge on any atom is -0.478 e. The molecule has 0 aliphatic carbocycles. The van der Waals surface area contributed by atoms with Gasteiger partial charge in [-0.25, -0.2) is 4.79 Å². The Hall–Kier alpha value is -2.34. The Balaban J connectivity index is 2.26. The van der Waals surface area contributed by atoms with E-state index >= 15 is 0 Å². The van der Waals surface area contributed by atoms with Crippen LogP contribution in [0.2, 0.25) is 0 Å². The second-order valence-corrected chi connectivity index (χ2v) is 5.45. The van der Waals surface area contributed by atoms with E-state index < -0.39 is 10.9 Å². The first-order valence-corrected chi connectivity index (χ1v) is 7.11. The smallest absolute Gasteiger partial charge is 0.335 e. The number of aromatic carboxylic acids is 1. The van der Waals surface area contributed by atoms with Crippen molar-refractivity contribution < 1.29 is 14.8 Å². The molecule has 0 saturated carbocycles. The Bertz CT molecular complexity index is 683. The molecule has 0 aliphatic rings. The zero-order valence-corrected chi connectivity index (χ0v) is 12.1. The van der Waals surface area contributed by atoms with Crippen LogP contribution in [0.5, 0.6) is 0 Å². The summed E-state index contributed by atoms with van der Waals surface area (Å²) < 4.78 is 0. The predicted molar refractivity (Wildman–Crippen MR) is 80.0 cm³/mol. The number of aryl methyl sites for hydroxylation is 1. The standard InChI is InChI=1S/C15H13NO4S/c1-2-10-9-12(16(19)20)5-8-14(10)21-13-6-3-11(4-7-13)15(17)18/h3-9H,2H2,1H3,(H,17,18). The van der Waals surface area contributed by atoms with E-state index in [1.165, 1.54) is 17.8 Å². The van der Waals surface area contributed by atoms with Gasteiger partial charge >= 0.3 is 5.97 Å². The molecule has 0 fully saturated rings. The molecule has 21 heavy (non-hydrogen) atoms. The van der Waals surface area contributed by atoms with E-state index in [1.54, 1.807) is 36.4 Å². The van der Waals surface area contributed by atoms with E-state index in [2.05, 4.69) is 0 Å². The van der Waals surface area contributed by atoms with E-state index in [4.69, 9.17) is 5.11 Å². The summed E-state index contributed by atoms with van der Waals surface area (Å²) in [5, 5.41) is 19.6. The molecule has 1 N–H and O–H groups in total. The van der Waals surface area contributed by atoms with Crippen molar-refractivity contribution in [2.45, 2.75) is 23.1 Å². The monoisotopic (exact) mass is 303 g/mol. The Morgan fingerprint density at radius 3 is 2.43 bits per heavy atom. The minimum atomic E-state index is -0.962. The summed E-state index contributed by atoms with van der Waals surface area (Å²) >= 11 is 1.46. The van der Waals surface area contributed by atoms with Gasteiger partial charge in [0.05, 0.1) is 10.5 Å². The SMILES string of the molecule is CCc1cc([N+](=O)[O-])ccc1Sc1ccc(C(=O)O)cc1. The van der Waals surface area contributed by atoms with Crippen LogP contribution in [0.3, 0.4) is 0 Å². The highest BCUT2D eigenvalue weighted by Gasteiger charge is 2.11. The number of nitro benzene ring substituents is 1. The van der Waals surface area contributed by atoms with Gasteiger partial charge in [-0.1, -0.05) is 18.7 Å². The zero-order chi connectivity index (χ0) is 15.4. The summed E-state index contributed by atoms with van der Waals surface area (Å²) in [6, 6.07) is 11.3. The normalized spacial score (nSPS) is 10.3. The Labute approximate surface area is 125 Å². The average Bonchev–Trinajstić information content (AvgIpc) is 2.48. The van der Waals surface area contributed by atoms with Crippen LogP contribution in [0.25, 0.3) is 0 Å². The van der Waals surface area contributed by atoms with Crippen LogP contribution in [-0.4, -0.2) is 16.0 Å². The summed E-state index contributed by atoms with van der Waals surface area (Å²) in [6.45, 7) is 1.94. The maximum Gasteiger partial charge on any atom is 0.335 e. The van der Waals surface area contributed by atoms with Crippen molar-refractivity contribution in [3.8, 4) is 0 Å². The van der Waals surface area contributed by atoms with Gasteiger partial charge in [-0.15, -0.1) is 0 Å². The van der Waals surface area contributed by atoms with Crippen LogP contribution in [0.4, 0.5) is 5.69 Å². The van der Waals surface area contributed by atoms with Gasteiger partial charge in [-0.3, -0.25) is 10.1 Å². The molecule has 0 radical (unpaired) electrons. The third-order valence-corrected chi connectivity index (χ3v) is 4.09. The molecule has 5 nitrogen and oxygen atoms in total. The molecule has 6 heteroatoms. The van der Waals surface area contributed by atoms with E-state index in [-0.39, 0.29) is 11.3 Å². The minimum absolute atomic E-state index is 0.0809. The molecule has 0 amide bonds. The number of benzene rings is 2. The lowest BCUT2D eigenvalue weighted by atomic mass is 10.1. The van der Waals surface area contributed by atoms with Gasteiger partial charge in [0.2, 0.25) is 0 Å². The molecule has 0 aromatic heterocycles. The molecule has 0 aliphatic heterocycles. The van der Waals surface area contributed by atoms with Crippen LogP contribution < -0.4 is 0 Å². The number of hydrogen-bond acceptors (Lipinski definition) is 4. The summed E-state index contributed by atoms with van der Waals surface area (Å²) in [6.07, 6.45) is 0.692. The van der Waals surface area contributed by atoms with Gasteiger partial charge in [-0.05, 0) is 42.3 Å². The van der Waals surface area contributed by atoms with E-state index in [9.17, 15) is 14.9 Å². The molecular weight excluding hydrogens is 290 g/mol. The fourth-order valence-corrected chi connectivity index (χ4v) is 2.84.